The minimum atomic E-state index is 0.735. The average molecular weight is 302 g/mol. The van der Waals surface area contributed by atoms with Crippen LogP contribution in [0.15, 0.2) is 47.1 Å². The number of aryl methyl sites for hydroxylation is 1. The zero-order valence-corrected chi connectivity index (χ0v) is 11.5. The van der Waals surface area contributed by atoms with Gasteiger partial charge in [0.15, 0.2) is 0 Å². The number of rotatable bonds is 1. The minimum Gasteiger partial charge on any atom is -0.398 e. The van der Waals surface area contributed by atoms with E-state index in [2.05, 4.69) is 40.1 Å². The lowest BCUT2D eigenvalue weighted by atomic mass is 10.2. The van der Waals surface area contributed by atoms with Gasteiger partial charge in [-0.15, -0.1) is 0 Å². The highest BCUT2D eigenvalue weighted by Gasteiger charge is 2.06. The fourth-order valence-corrected chi connectivity index (χ4v) is 2.48. The molecule has 0 fully saturated rings. The summed E-state index contributed by atoms with van der Waals surface area (Å²) in [5.74, 6) is 0. The summed E-state index contributed by atoms with van der Waals surface area (Å²) in [4.78, 5) is 0. The molecule has 0 aliphatic rings. The van der Waals surface area contributed by atoms with Gasteiger partial charge in [0.1, 0.15) is 0 Å². The Bertz CT molecular complexity index is 731. The van der Waals surface area contributed by atoms with E-state index in [0.29, 0.717) is 0 Å². The predicted molar refractivity (Wildman–Crippen MR) is 77.9 cm³/mol. The third-order valence-corrected chi connectivity index (χ3v) is 3.35. The Morgan fingerprint density at radius 1 is 1.22 bits per heavy atom. The smallest absolute Gasteiger partial charge is 0.0959 e. The summed E-state index contributed by atoms with van der Waals surface area (Å²) < 4.78 is 2.81. The van der Waals surface area contributed by atoms with Crippen LogP contribution < -0.4 is 5.73 Å². The maximum absolute atomic E-state index is 6.00. The van der Waals surface area contributed by atoms with Gasteiger partial charge in [-0.3, -0.25) is 0 Å². The maximum atomic E-state index is 6.00. The number of hydrogen-bond donors (Lipinski definition) is 1. The topological polar surface area (TPSA) is 43.8 Å². The Balaban J connectivity index is 2.22. The third-order valence-electron chi connectivity index (χ3n) is 2.89. The van der Waals surface area contributed by atoms with E-state index < -0.39 is 0 Å². The van der Waals surface area contributed by atoms with E-state index in [1.807, 2.05) is 35.1 Å². The van der Waals surface area contributed by atoms with Crippen LogP contribution in [-0.2, 0) is 0 Å². The number of nitrogen functional groups attached to an aromatic ring is 1. The van der Waals surface area contributed by atoms with Gasteiger partial charge in [-0.2, -0.15) is 5.10 Å². The van der Waals surface area contributed by atoms with Crippen molar-refractivity contribution in [2.45, 2.75) is 6.92 Å². The average Bonchev–Trinajstić information content (AvgIpc) is 2.73. The Hall–Kier alpha value is -1.81. The number of hydrogen-bond acceptors (Lipinski definition) is 2. The van der Waals surface area contributed by atoms with Gasteiger partial charge in [-0.05, 0) is 36.8 Å². The fourth-order valence-electron chi connectivity index (χ4n) is 2.02. The molecule has 1 heterocycles. The van der Waals surface area contributed by atoms with Crippen LogP contribution in [0.4, 0.5) is 5.69 Å². The Kier molecular flexibility index (Phi) is 2.59. The molecule has 2 aromatic carbocycles. The fraction of sp³-hybridized carbons (Fsp3) is 0.0714. The summed E-state index contributed by atoms with van der Waals surface area (Å²) in [5, 5.41) is 5.52. The van der Waals surface area contributed by atoms with Crippen molar-refractivity contribution in [1.82, 2.24) is 9.78 Å². The third kappa shape index (κ3) is 1.88. The second-order valence-electron chi connectivity index (χ2n) is 4.34. The summed E-state index contributed by atoms with van der Waals surface area (Å²) in [6.45, 7) is 2.07. The van der Waals surface area contributed by atoms with Crippen molar-refractivity contribution in [3.8, 4) is 5.69 Å². The van der Waals surface area contributed by atoms with Crippen LogP contribution in [0.2, 0.25) is 0 Å². The van der Waals surface area contributed by atoms with Gasteiger partial charge in [-0.25, -0.2) is 4.68 Å². The van der Waals surface area contributed by atoms with Crippen LogP contribution in [-0.4, -0.2) is 9.78 Å². The largest absolute Gasteiger partial charge is 0.398 e. The lowest BCUT2D eigenvalue weighted by molar-refractivity contribution is 0.895. The molecule has 0 saturated heterocycles. The molecule has 90 valence electrons. The molecule has 1 aromatic heterocycles. The first-order valence-corrected chi connectivity index (χ1v) is 6.44. The van der Waals surface area contributed by atoms with Crippen LogP contribution in [0, 0.1) is 6.92 Å². The summed E-state index contributed by atoms with van der Waals surface area (Å²) in [5.41, 5.74) is 9.87. The quantitative estimate of drug-likeness (QED) is 0.697. The number of anilines is 1. The van der Waals surface area contributed by atoms with Gasteiger partial charge in [0, 0.05) is 21.7 Å². The lowest BCUT2D eigenvalue weighted by Gasteiger charge is -2.01. The van der Waals surface area contributed by atoms with Crippen LogP contribution in [0.25, 0.3) is 16.6 Å². The summed E-state index contributed by atoms with van der Waals surface area (Å²) in [6.07, 6.45) is 1.96. The van der Waals surface area contributed by atoms with Crippen molar-refractivity contribution in [2.75, 3.05) is 5.73 Å². The van der Waals surface area contributed by atoms with Crippen LogP contribution in [0.5, 0.6) is 0 Å². The van der Waals surface area contributed by atoms with E-state index in [0.717, 1.165) is 26.8 Å². The molecule has 0 spiro atoms. The van der Waals surface area contributed by atoms with Gasteiger partial charge in [-0.1, -0.05) is 28.1 Å². The number of aromatic nitrogens is 2. The lowest BCUT2D eigenvalue weighted by Crippen LogP contribution is -1.93. The molecule has 0 saturated carbocycles. The zero-order valence-electron chi connectivity index (χ0n) is 9.89. The minimum absolute atomic E-state index is 0.735. The van der Waals surface area contributed by atoms with E-state index in [9.17, 15) is 0 Å². The Morgan fingerprint density at radius 2 is 2.06 bits per heavy atom. The molecule has 2 N–H and O–H groups in total. The van der Waals surface area contributed by atoms with E-state index >= 15 is 0 Å². The van der Waals surface area contributed by atoms with Gasteiger partial charge >= 0.3 is 0 Å². The molecule has 0 aliphatic heterocycles. The van der Waals surface area contributed by atoms with Gasteiger partial charge < -0.3 is 5.73 Å². The summed E-state index contributed by atoms with van der Waals surface area (Å²) in [7, 11) is 0. The molecule has 3 nitrogen and oxygen atoms in total. The van der Waals surface area contributed by atoms with Crippen molar-refractivity contribution in [3.63, 3.8) is 0 Å². The summed E-state index contributed by atoms with van der Waals surface area (Å²) >= 11 is 3.43. The number of benzene rings is 2. The number of nitrogens with two attached hydrogens (primary N) is 1. The molecule has 3 rings (SSSR count). The standard InChI is InChI=1S/C14H12BrN3/c1-9-3-2-4-11(5-9)18-8-12-13(16)6-10(15)7-14(12)17-18/h2-8H,16H2,1H3. The SMILES string of the molecule is Cc1cccc(-n2cc3c(N)cc(Br)cc3n2)c1. The molecule has 0 aliphatic carbocycles. The summed E-state index contributed by atoms with van der Waals surface area (Å²) in [6, 6.07) is 12.1. The van der Waals surface area contributed by atoms with Crippen molar-refractivity contribution in [3.05, 3.63) is 52.6 Å². The first-order valence-electron chi connectivity index (χ1n) is 5.65. The molecule has 0 atom stereocenters. The molecule has 0 amide bonds. The Labute approximate surface area is 113 Å². The van der Waals surface area contributed by atoms with Crippen LogP contribution in [0.1, 0.15) is 5.56 Å². The van der Waals surface area contributed by atoms with Gasteiger partial charge in [0.2, 0.25) is 0 Å². The molecular formula is C14H12BrN3. The zero-order chi connectivity index (χ0) is 12.7. The van der Waals surface area contributed by atoms with Crippen LogP contribution >= 0.6 is 15.9 Å². The maximum Gasteiger partial charge on any atom is 0.0959 e. The number of nitrogens with zero attached hydrogens (tertiary/aromatic N) is 2. The molecule has 18 heavy (non-hydrogen) atoms. The van der Waals surface area contributed by atoms with Gasteiger partial charge in [0.05, 0.1) is 11.2 Å². The highest BCUT2D eigenvalue weighted by molar-refractivity contribution is 9.10. The number of halogens is 1. The highest BCUT2D eigenvalue weighted by atomic mass is 79.9. The number of fused-ring (bicyclic) bond motifs is 1. The van der Waals surface area contributed by atoms with E-state index in [1.54, 1.807) is 0 Å². The highest BCUT2D eigenvalue weighted by Crippen LogP contribution is 2.26. The van der Waals surface area contributed by atoms with Gasteiger partial charge in [0.25, 0.3) is 0 Å². The monoisotopic (exact) mass is 301 g/mol. The predicted octanol–water partition coefficient (Wildman–Crippen LogP) is 3.68. The first-order chi connectivity index (χ1) is 8.63. The van der Waals surface area contributed by atoms with Crippen molar-refractivity contribution < 1.29 is 0 Å². The molecular weight excluding hydrogens is 290 g/mol. The van der Waals surface area contributed by atoms with Crippen LogP contribution in [0.3, 0.4) is 0 Å². The molecule has 0 bridgehead atoms. The Morgan fingerprint density at radius 3 is 2.83 bits per heavy atom. The van der Waals surface area contributed by atoms with E-state index in [-0.39, 0.29) is 0 Å². The van der Waals surface area contributed by atoms with Crippen molar-refractivity contribution >= 4 is 32.5 Å². The van der Waals surface area contributed by atoms with Crippen molar-refractivity contribution in [2.24, 2.45) is 0 Å². The first kappa shape index (κ1) is 11.3. The second kappa shape index (κ2) is 4.14. The van der Waals surface area contributed by atoms with E-state index in [1.165, 1.54) is 5.56 Å². The van der Waals surface area contributed by atoms with E-state index in [4.69, 9.17) is 5.73 Å². The normalized spacial score (nSPS) is 11.0. The molecule has 4 heteroatoms. The molecule has 0 radical (unpaired) electrons. The molecule has 0 unspecified atom stereocenters. The molecule has 3 aromatic rings. The van der Waals surface area contributed by atoms with Crippen molar-refractivity contribution in [1.29, 1.82) is 0 Å². The second-order valence-corrected chi connectivity index (χ2v) is 5.26.